The Hall–Kier alpha value is -1.38. The van der Waals surface area contributed by atoms with Crippen molar-refractivity contribution >= 4 is 0 Å². The SMILES string of the molecule is CCCC1CCC(C2C=CC(CCc3ccc(OCC)c(F)c3F)CC2)CC1. The molecular formula is C25H36F2O. The molecule has 0 heterocycles. The molecule has 0 N–H and O–H groups in total. The zero-order valence-electron chi connectivity index (χ0n) is 17.6. The monoisotopic (exact) mass is 390 g/mol. The first-order valence-corrected chi connectivity index (χ1v) is 11.4. The van der Waals surface area contributed by atoms with Gasteiger partial charge >= 0.3 is 0 Å². The predicted octanol–water partition coefficient (Wildman–Crippen LogP) is 7.49. The van der Waals surface area contributed by atoms with Crippen LogP contribution in [0.2, 0.25) is 0 Å². The van der Waals surface area contributed by atoms with Crippen LogP contribution in [0.1, 0.15) is 77.2 Å². The van der Waals surface area contributed by atoms with Gasteiger partial charge < -0.3 is 4.74 Å². The molecular weight excluding hydrogens is 354 g/mol. The Morgan fingerprint density at radius 3 is 2.32 bits per heavy atom. The van der Waals surface area contributed by atoms with Crippen molar-refractivity contribution < 1.29 is 13.5 Å². The second-order valence-electron chi connectivity index (χ2n) is 8.78. The molecule has 2 aliphatic rings. The van der Waals surface area contributed by atoms with E-state index in [9.17, 15) is 8.78 Å². The molecule has 0 aromatic heterocycles. The average Bonchev–Trinajstić information content (AvgIpc) is 2.72. The molecule has 2 aliphatic carbocycles. The molecule has 28 heavy (non-hydrogen) atoms. The van der Waals surface area contributed by atoms with E-state index >= 15 is 0 Å². The minimum atomic E-state index is -0.850. The van der Waals surface area contributed by atoms with Gasteiger partial charge in [-0.05, 0) is 80.8 Å². The lowest BCUT2D eigenvalue weighted by Gasteiger charge is -2.35. The number of hydrogen-bond donors (Lipinski definition) is 0. The maximum atomic E-state index is 14.3. The van der Waals surface area contributed by atoms with Gasteiger partial charge in [0.15, 0.2) is 11.6 Å². The Morgan fingerprint density at radius 1 is 0.893 bits per heavy atom. The van der Waals surface area contributed by atoms with Crippen LogP contribution in [0.5, 0.6) is 5.75 Å². The van der Waals surface area contributed by atoms with E-state index in [1.807, 2.05) is 0 Å². The Balaban J connectivity index is 1.48. The van der Waals surface area contributed by atoms with E-state index in [4.69, 9.17) is 4.74 Å². The third-order valence-electron chi connectivity index (χ3n) is 6.91. The van der Waals surface area contributed by atoms with E-state index in [1.54, 1.807) is 19.1 Å². The van der Waals surface area contributed by atoms with E-state index in [1.165, 1.54) is 51.4 Å². The molecule has 2 atom stereocenters. The molecule has 156 valence electrons. The molecule has 0 aliphatic heterocycles. The first-order chi connectivity index (χ1) is 13.6. The highest BCUT2D eigenvalue weighted by Crippen LogP contribution is 2.40. The standard InChI is InChI=1S/C25H36F2O/c1-3-5-18-6-11-20(12-7-18)21-13-8-19(9-14-21)10-15-22-16-17-23(28-4-2)25(27)24(22)26/h8,13,16-21H,3-7,9-12,14-15H2,1-2H3. The summed E-state index contributed by atoms with van der Waals surface area (Å²) in [6.45, 7) is 4.40. The van der Waals surface area contributed by atoms with Gasteiger partial charge in [0.25, 0.3) is 0 Å². The Labute approximate surface area is 169 Å². The van der Waals surface area contributed by atoms with Crippen molar-refractivity contribution in [2.45, 2.75) is 78.1 Å². The third kappa shape index (κ3) is 5.36. The Morgan fingerprint density at radius 2 is 1.68 bits per heavy atom. The number of rotatable bonds is 8. The van der Waals surface area contributed by atoms with E-state index in [0.29, 0.717) is 24.5 Å². The van der Waals surface area contributed by atoms with Crippen LogP contribution < -0.4 is 4.74 Å². The zero-order chi connectivity index (χ0) is 19.9. The van der Waals surface area contributed by atoms with Crippen molar-refractivity contribution in [2.24, 2.45) is 23.7 Å². The van der Waals surface area contributed by atoms with Crippen molar-refractivity contribution in [1.29, 1.82) is 0 Å². The summed E-state index contributed by atoms with van der Waals surface area (Å²) >= 11 is 0. The second kappa shape index (κ2) is 10.4. The van der Waals surface area contributed by atoms with E-state index in [2.05, 4.69) is 19.1 Å². The number of hydrogen-bond acceptors (Lipinski definition) is 1. The molecule has 1 nitrogen and oxygen atoms in total. The molecule has 2 unspecified atom stereocenters. The lowest BCUT2D eigenvalue weighted by molar-refractivity contribution is 0.204. The van der Waals surface area contributed by atoms with Gasteiger partial charge in [0.1, 0.15) is 0 Å². The van der Waals surface area contributed by atoms with E-state index in [0.717, 1.165) is 24.2 Å². The number of aryl methyl sites for hydroxylation is 1. The van der Waals surface area contributed by atoms with Crippen LogP contribution in [0, 0.1) is 35.3 Å². The summed E-state index contributed by atoms with van der Waals surface area (Å²) in [5.41, 5.74) is 0.464. The summed E-state index contributed by atoms with van der Waals surface area (Å²) in [7, 11) is 0. The van der Waals surface area contributed by atoms with Gasteiger partial charge in [0, 0.05) is 0 Å². The average molecular weight is 391 g/mol. The Bertz CT molecular complexity index is 646. The maximum Gasteiger partial charge on any atom is 0.200 e. The first-order valence-electron chi connectivity index (χ1n) is 11.4. The molecule has 1 saturated carbocycles. The highest BCUT2D eigenvalue weighted by Gasteiger charge is 2.28. The Kier molecular flexibility index (Phi) is 7.93. The molecule has 3 heteroatoms. The summed E-state index contributed by atoms with van der Waals surface area (Å²) in [4.78, 5) is 0. The molecule has 3 rings (SSSR count). The summed E-state index contributed by atoms with van der Waals surface area (Å²) in [5.74, 6) is 1.47. The lowest BCUT2D eigenvalue weighted by atomic mass is 9.71. The van der Waals surface area contributed by atoms with Crippen molar-refractivity contribution in [1.82, 2.24) is 0 Å². The molecule has 0 amide bonds. The van der Waals surface area contributed by atoms with Crippen LogP contribution in [-0.4, -0.2) is 6.61 Å². The van der Waals surface area contributed by atoms with Gasteiger partial charge in [-0.3, -0.25) is 0 Å². The van der Waals surface area contributed by atoms with Gasteiger partial charge in [-0.15, -0.1) is 0 Å². The van der Waals surface area contributed by atoms with Crippen LogP contribution in [0.25, 0.3) is 0 Å². The predicted molar refractivity (Wildman–Crippen MR) is 112 cm³/mol. The van der Waals surface area contributed by atoms with Crippen LogP contribution in [0.15, 0.2) is 24.3 Å². The van der Waals surface area contributed by atoms with Crippen LogP contribution in [0.3, 0.4) is 0 Å². The normalized spacial score (nSPS) is 27.7. The number of benzene rings is 1. The molecule has 0 radical (unpaired) electrons. The molecule has 1 aromatic rings. The third-order valence-corrected chi connectivity index (χ3v) is 6.91. The summed E-state index contributed by atoms with van der Waals surface area (Å²) in [6, 6.07) is 3.23. The number of allylic oxidation sites excluding steroid dienone is 2. The van der Waals surface area contributed by atoms with Crippen molar-refractivity contribution in [3.8, 4) is 5.75 Å². The van der Waals surface area contributed by atoms with E-state index in [-0.39, 0.29) is 5.75 Å². The van der Waals surface area contributed by atoms with Gasteiger partial charge in [-0.2, -0.15) is 4.39 Å². The molecule has 1 fully saturated rings. The summed E-state index contributed by atoms with van der Waals surface area (Å²) in [6.07, 6.45) is 17.0. The lowest BCUT2D eigenvalue weighted by Crippen LogP contribution is -2.23. The molecule has 0 saturated heterocycles. The van der Waals surface area contributed by atoms with Crippen molar-refractivity contribution in [3.05, 3.63) is 41.5 Å². The van der Waals surface area contributed by atoms with Gasteiger partial charge in [-0.1, -0.05) is 50.8 Å². The van der Waals surface area contributed by atoms with Crippen LogP contribution in [-0.2, 0) is 6.42 Å². The molecule has 0 spiro atoms. The fourth-order valence-electron chi connectivity index (χ4n) is 5.22. The van der Waals surface area contributed by atoms with Gasteiger partial charge in [0.05, 0.1) is 6.61 Å². The topological polar surface area (TPSA) is 9.23 Å². The zero-order valence-corrected chi connectivity index (χ0v) is 17.6. The van der Waals surface area contributed by atoms with Gasteiger partial charge in [-0.25, -0.2) is 4.39 Å². The van der Waals surface area contributed by atoms with E-state index < -0.39 is 11.6 Å². The minimum absolute atomic E-state index is 0.0119. The second-order valence-corrected chi connectivity index (χ2v) is 8.78. The summed E-state index contributed by atoms with van der Waals surface area (Å²) < 4.78 is 33.4. The molecule has 0 bridgehead atoms. The highest BCUT2D eigenvalue weighted by atomic mass is 19.2. The maximum absolute atomic E-state index is 14.3. The van der Waals surface area contributed by atoms with Crippen LogP contribution >= 0.6 is 0 Å². The largest absolute Gasteiger partial charge is 0.491 e. The van der Waals surface area contributed by atoms with Gasteiger partial charge in [0.2, 0.25) is 5.82 Å². The molecule has 1 aromatic carbocycles. The van der Waals surface area contributed by atoms with Crippen molar-refractivity contribution in [2.75, 3.05) is 6.61 Å². The quantitative estimate of drug-likeness (QED) is 0.418. The number of halogens is 2. The highest BCUT2D eigenvalue weighted by molar-refractivity contribution is 5.31. The number of ether oxygens (including phenoxy) is 1. The first kappa shape index (κ1) is 21.3. The van der Waals surface area contributed by atoms with Crippen LogP contribution in [0.4, 0.5) is 8.78 Å². The fraction of sp³-hybridized carbons (Fsp3) is 0.680. The smallest absolute Gasteiger partial charge is 0.200 e. The van der Waals surface area contributed by atoms with Crippen molar-refractivity contribution in [3.63, 3.8) is 0 Å². The minimum Gasteiger partial charge on any atom is -0.491 e. The fourth-order valence-corrected chi connectivity index (χ4v) is 5.22. The summed E-state index contributed by atoms with van der Waals surface area (Å²) in [5, 5.41) is 0.